The Hall–Kier alpha value is -1.96. The number of methoxy groups -OCH3 is 1. The Morgan fingerprint density at radius 2 is 1.79 bits per heavy atom. The first-order valence-corrected chi connectivity index (χ1v) is 11.6. The predicted octanol–water partition coefficient (Wildman–Crippen LogP) is 5.72. The predicted molar refractivity (Wildman–Crippen MR) is 120 cm³/mol. The molecule has 2 aliphatic carbocycles. The highest BCUT2D eigenvalue weighted by atomic mass is 19.4. The van der Waals surface area contributed by atoms with Crippen LogP contribution in [0.25, 0.3) is 0 Å². The van der Waals surface area contributed by atoms with Crippen LogP contribution in [0.2, 0.25) is 0 Å². The first kappa shape index (κ1) is 24.2. The fraction of sp³-hybridized carbons (Fsp3) is 0.577. The van der Waals surface area contributed by atoms with E-state index in [0.717, 1.165) is 61.1 Å². The van der Waals surface area contributed by atoms with Crippen LogP contribution in [0.5, 0.6) is 0 Å². The van der Waals surface area contributed by atoms with Crippen LogP contribution in [-0.2, 0) is 23.9 Å². The number of aliphatic hydroxyl groups excluding tert-OH is 1. The molecule has 1 saturated carbocycles. The van der Waals surface area contributed by atoms with Crippen molar-refractivity contribution in [2.24, 2.45) is 5.41 Å². The molecular weight excluding hydrogens is 431 g/mol. The molecule has 2 aliphatic rings. The molecule has 2 atom stereocenters. The minimum absolute atomic E-state index is 0.0444. The molecule has 2 aromatic rings. The van der Waals surface area contributed by atoms with Crippen molar-refractivity contribution in [1.82, 2.24) is 4.98 Å². The zero-order valence-corrected chi connectivity index (χ0v) is 19.4. The normalized spacial score (nSPS) is 21.8. The molecule has 1 heterocycles. The largest absolute Gasteiger partial charge is 0.440 e. The van der Waals surface area contributed by atoms with E-state index in [1.54, 1.807) is 7.11 Å². The second kappa shape index (κ2) is 9.01. The van der Waals surface area contributed by atoms with Gasteiger partial charge in [-0.05, 0) is 53.9 Å². The highest BCUT2D eigenvalue weighted by Crippen LogP contribution is 2.49. The number of halogens is 3. The highest BCUT2D eigenvalue weighted by molar-refractivity contribution is 5.50. The molecule has 1 aromatic heterocycles. The highest BCUT2D eigenvalue weighted by Gasteiger charge is 2.41. The van der Waals surface area contributed by atoms with Crippen molar-refractivity contribution in [1.29, 1.82) is 0 Å². The van der Waals surface area contributed by atoms with E-state index >= 15 is 0 Å². The van der Waals surface area contributed by atoms with Gasteiger partial charge in [-0.3, -0.25) is 4.98 Å². The zero-order valence-electron chi connectivity index (χ0n) is 19.4. The average Bonchev–Trinajstić information content (AvgIpc) is 3.25. The van der Waals surface area contributed by atoms with Crippen molar-refractivity contribution in [2.75, 3.05) is 7.11 Å². The van der Waals surface area contributed by atoms with Gasteiger partial charge in [0, 0.05) is 19.1 Å². The van der Waals surface area contributed by atoms with Crippen LogP contribution < -0.4 is 0 Å². The molecule has 0 spiro atoms. The van der Waals surface area contributed by atoms with Crippen LogP contribution in [0.1, 0.15) is 103 Å². The number of rotatable bonds is 5. The number of benzene rings is 1. The molecule has 1 unspecified atom stereocenters. The van der Waals surface area contributed by atoms with Crippen LogP contribution in [0.3, 0.4) is 0 Å². The van der Waals surface area contributed by atoms with E-state index < -0.39 is 23.9 Å². The Morgan fingerprint density at radius 3 is 2.36 bits per heavy atom. The van der Waals surface area contributed by atoms with Gasteiger partial charge in [0.2, 0.25) is 0 Å². The summed E-state index contributed by atoms with van der Waals surface area (Å²) in [6.45, 7) is 4.49. The minimum atomic E-state index is -4.43. The number of hydrogen-bond acceptors (Lipinski definition) is 3. The van der Waals surface area contributed by atoms with Gasteiger partial charge in [-0.2, -0.15) is 13.2 Å². The smallest absolute Gasteiger partial charge is 0.416 e. The maximum atomic E-state index is 13.1. The Kier molecular flexibility index (Phi) is 6.60. The first-order valence-electron chi connectivity index (χ1n) is 11.6. The second-order valence-electron chi connectivity index (χ2n) is 10.3. The van der Waals surface area contributed by atoms with E-state index in [1.807, 2.05) is 0 Å². The standard InChI is InChI=1S/C26H32F3NO3/c1-25(2)12-18-22(20(31)13-25)21(15-6-4-5-7-15)23(19(30-18)14-33-3)24(32)16-8-10-17(11-9-16)26(27,28)29/h8-11,15,20,24,31-32H,4-7,12-14H2,1-3H3/p+1/t20-,24?/m0/s1. The molecule has 1 fully saturated rings. The fourth-order valence-corrected chi connectivity index (χ4v) is 5.67. The fourth-order valence-electron chi connectivity index (χ4n) is 5.67. The van der Waals surface area contributed by atoms with Crippen LogP contribution in [-0.4, -0.2) is 22.3 Å². The molecule has 7 heteroatoms. The third kappa shape index (κ3) is 4.81. The van der Waals surface area contributed by atoms with Crippen molar-refractivity contribution in [3.63, 3.8) is 0 Å². The van der Waals surface area contributed by atoms with Crippen molar-refractivity contribution in [3.8, 4) is 0 Å². The molecule has 180 valence electrons. The summed E-state index contributed by atoms with van der Waals surface area (Å²) in [5.41, 5.74) is 3.66. The van der Waals surface area contributed by atoms with Crippen LogP contribution in [0.4, 0.5) is 13.2 Å². The van der Waals surface area contributed by atoms with Crippen molar-refractivity contribution in [2.45, 2.75) is 83.3 Å². The molecule has 0 bridgehead atoms. The Balaban J connectivity index is 1.89. The van der Waals surface area contributed by atoms with Gasteiger partial charge in [0.1, 0.15) is 6.10 Å². The number of nitrogens with zero attached hydrogens (tertiary/aromatic N) is 1. The lowest BCUT2D eigenvalue weighted by atomic mass is 9.71. The minimum Gasteiger partial charge on any atom is -0.440 e. The lowest BCUT2D eigenvalue weighted by Gasteiger charge is -2.36. The van der Waals surface area contributed by atoms with Crippen LogP contribution in [0, 0.1) is 5.41 Å². The summed E-state index contributed by atoms with van der Waals surface area (Å²) in [6.07, 6.45) is -0.409. The van der Waals surface area contributed by atoms with Gasteiger partial charge in [0.15, 0.2) is 6.10 Å². The summed E-state index contributed by atoms with van der Waals surface area (Å²) in [6, 6.07) is 4.68. The molecular formula is C26H33F3NO3+. The number of aromatic nitrogens is 1. The quantitative estimate of drug-likeness (QED) is 0.575. The topological polar surface area (TPSA) is 65.2 Å². The monoisotopic (exact) mass is 464 g/mol. The lowest BCUT2D eigenvalue weighted by molar-refractivity contribution is -0.137. The van der Waals surface area contributed by atoms with Crippen molar-refractivity contribution < 1.29 is 28.1 Å². The van der Waals surface area contributed by atoms with E-state index in [-0.39, 0.29) is 17.9 Å². The van der Waals surface area contributed by atoms with Gasteiger partial charge in [-0.15, -0.1) is 0 Å². The maximum absolute atomic E-state index is 13.1. The zero-order chi connectivity index (χ0) is 24.0. The molecule has 0 amide bonds. The Labute approximate surface area is 192 Å². The molecule has 3 N–H and O–H groups in total. The van der Waals surface area contributed by atoms with Gasteiger partial charge < -0.3 is 14.9 Å². The average molecular weight is 465 g/mol. The molecule has 4 rings (SSSR count). The van der Waals surface area contributed by atoms with E-state index in [1.165, 1.54) is 12.1 Å². The summed E-state index contributed by atoms with van der Waals surface area (Å²) in [5, 5.41) is 20.4. The number of ether oxygens (including phenoxy) is 1. The molecule has 0 aliphatic heterocycles. The number of alkyl halides is 3. The Bertz CT molecular complexity index is 995. The van der Waals surface area contributed by atoms with Gasteiger partial charge in [0.05, 0.1) is 29.1 Å². The molecule has 4 nitrogen and oxygen atoms in total. The molecule has 33 heavy (non-hydrogen) atoms. The Morgan fingerprint density at radius 1 is 1.15 bits per heavy atom. The maximum Gasteiger partial charge on any atom is 0.416 e. The summed E-state index contributed by atoms with van der Waals surface area (Å²) in [7, 11) is 1.57. The van der Waals surface area contributed by atoms with Crippen LogP contribution >= 0.6 is 0 Å². The van der Waals surface area contributed by atoms with Crippen molar-refractivity contribution in [3.05, 3.63) is 63.5 Å². The van der Waals surface area contributed by atoms with Gasteiger partial charge in [0.25, 0.3) is 0 Å². The SMILES string of the molecule is COCc1nc2c(c(C3CCCC3)c1C(O)c1ccc(C(F)(F)F)cc1)[C@@H]([OH2+])CC(C)(C)C2. The molecule has 0 saturated heterocycles. The van der Waals surface area contributed by atoms with Gasteiger partial charge in [-0.1, -0.05) is 38.8 Å². The van der Waals surface area contributed by atoms with Gasteiger partial charge in [-0.25, -0.2) is 0 Å². The third-order valence-electron chi connectivity index (χ3n) is 7.09. The number of hydrogen-bond donors (Lipinski definition) is 1. The summed E-state index contributed by atoms with van der Waals surface area (Å²) in [4.78, 5) is 4.90. The van der Waals surface area contributed by atoms with E-state index in [0.29, 0.717) is 23.2 Å². The first-order chi connectivity index (χ1) is 15.5. The number of fused-ring (bicyclic) bond motifs is 1. The summed E-state index contributed by atoms with van der Waals surface area (Å²) >= 11 is 0. The van der Waals surface area contributed by atoms with E-state index in [4.69, 9.17) is 14.8 Å². The third-order valence-corrected chi connectivity index (χ3v) is 7.09. The molecule has 0 radical (unpaired) electrons. The van der Waals surface area contributed by atoms with Crippen LogP contribution in [0.15, 0.2) is 24.3 Å². The van der Waals surface area contributed by atoms with E-state index in [2.05, 4.69) is 13.8 Å². The number of pyridine rings is 1. The summed E-state index contributed by atoms with van der Waals surface area (Å²) < 4.78 is 44.6. The van der Waals surface area contributed by atoms with Gasteiger partial charge >= 0.3 is 6.18 Å². The van der Waals surface area contributed by atoms with E-state index in [9.17, 15) is 18.3 Å². The second-order valence-corrected chi connectivity index (χ2v) is 10.3. The molecule has 1 aromatic carbocycles. The lowest BCUT2D eigenvalue weighted by Crippen LogP contribution is -2.30. The summed E-state index contributed by atoms with van der Waals surface area (Å²) in [5.74, 6) is 0.213. The number of aliphatic hydroxyl groups is 1. The van der Waals surface area contributed by atoms with Crippen molar-refractivity contribution >= 4 is 0 Å².